The molecule has 2 atom stereocenters. The van der Waals surface area contributed by atoms with Crippen LogP contribution >= 0.6 is 0 Å². The number of ether oxygens (including phenoxy) is 1. The smallest absolute Gasteiger partial charge is 0.546 e. The second kappa shape index (κ2) is 11.9. The predicted octanol–water partition coefficient (Wildman–Crippen LogP) is 2.36. The fraction of sp³-hybridized carbons (Fsp3) is 0.290. The zero-order chi connectivity index (χ0) is 25.2. The van der Waals surface area contributed by atoms with Gasteiger partial charge in [-0.1, -0.05) is 72.8 Å². The van der Waals surface area contributed by atoms with E-state index in [1.54, 1.807) is 0 Å². The summed E-state index contributed by atoms with van der Waals surface area (Å²) in [5.74, 6) is 0.996. The topological polar surface area (TPSA) is 78.6 Å². The minimum atomic E-state index is -1.21. The molecule has 0 saturated carbocycles. The van der Waals surface area contributed by atoms with Gasteiger partial charge in [0.05, 0.1) is 12.0 Å². The normalized spacial score (nSPS) is 18.9. The van der Waals surface area contributed by atoms with E-state index >= 15 is 0 Å². The van der Waals surface area contributed by atoms with Gasteiger partial charge in [0.25, 0.3) is 0 Å². The third kappa shape index (κ3) is 5.32. The van der Waals surface area contributed by atoms with E-state index < -0.39 is 12.6 Å². The number of aromatic nitrogens is 1. The SMILES string of the molecule is O=C([O-])COc1cccc2c1CCC[C@H]2N1CCC[C@@H]1c1nc(-c2ccccc2)c(-c2ccccc2)o1.[Na+]. The van der Waals surface area contributed by atoms with E-state index in [0.717, 1.165) is 72.7 Å². The number of likely N-dealkylation sites (tertiary alicyclic amines) is 1. The van der Waals surface area contributed by atoms with Crippen LogP contribution in [-0.2, 0) is 11.2 Å². The average Bonchev–Trinajstić information content (AvgIpc) is 3.60. The van der Waals surface area contributed by atoms with Gasteiger partial charge in [0.15, 0.2) is 5.76 Å². The van der Waals surface area contributed by atoms with Crippen molar-refractivity contribution in [2.45, 2.75) is 44.2 Å². The number of carbonyl (C=O) groups excluding carboxylic acids is 1. The van der Waals surface area contributed by atoms with Gasteiger partial charge in [0, 0.05) is 17.2 Å². The fourth-order valence-corrected chi connectivity index (χ4v) is 5.89. The molecule has 3 aromatic carbocycles. The van der Waals surface area contributed by atoms with Gasteiger partial charge in [-0.2, -0.15) is 0 Å². The van der Waals surface area contributed by atoms with Crippen molar-refractivity contribution in [3.05, 3.63) is 95.9 Å². The minimum absolute atomic E-state index is 0. The summed E-state index contributed by atoms with van der Waals surface area (Å²) in [4.78, 5) is 18.6. The number of carboxylic acid groups (broad SMARTS) is 1. The van der Waals surface area contributed by atoms with E-state index in [4.69, 9.17) is 14.1 Å². The molecule has 6 nitrogen and oxygen atoms in total. The first kappa shape index (κ1) is 26.7. The van der Waals surface area contributed by atoms with E-state index in [1.165, 1.54) is 5.56 Å². The van der Waals surface area contributed by atoms with Crippen molar-refractivity contribution in [2.75, 3.05) is 13.2 Å². The number of fused-ring (bicyclic) bond motifs is 1. The summed E-state index contributed by atoms with van der Waals surface area (Å²) >= 11 is 0. The standard InChI is InChI=1S/C31H30N2O4.Na/c34-28(35)20-36-27-18-8-14-23-24(27)15-7-16-25(23)33-19-9-17-26(33)31-32-29(21-10-3-1-4-11-21)30(37-31)22-12-5-2-6-13-22;/h1-6,8,10-14,18,25-26H,7,9,15-17,19-20H2,(H,34,35);/q;+1/p-1/t25-,26-;/m1./s1. The van der Waals surface area contributed by atoms with Crippen molar-refractivity contribution in [1.82, 2.24) is 9.88 Å². The molecule has 38 heavy (non-hydrogen) atoms. The third-order valence-corrected chi connectivity index (χ3v) is 7.48. The van der Waals surface area contributed by atoms with Crippen LogP contribution in [0, 0.1) is 0 Å². The molecule has 0 amide bonds. The molecular formula is C31H29N2NaO4. The Morgan fingerprint density at radius 2 is 1.63 bits per heavy atom. The number of hydrogen-bond acceptors (Lipinski definition) is 6. The van der Waals surface area contributed by atoms with Crippen molar-refractivity contribution < 1.29 is 48.6 Å². The molecule has 1 aromatic heterocycles. The Bertz CT molecular complexity index is 1330. The molecule has 1 aliphatic carbocycles. The van der Waals surface area contributed by atoms with Crippen molar-refractivity contribution in [1.29, 1.82) is 0 Å². The van der Waals surface area contributed by atoms with Crippen LogP contribution in [0.1, 0.15) is 54.8 Å². The molecule has 0 radical (unpaired) electrons. The predicted molar refractivity (Wildman–Crippen MR) is 139 cm³/mol. The van der Waals surface area contributed by atoms with Crippen LogP contribution in [-0.4, -0.2) is 29.0 Å². The zero-order valence-corrected chi connectivity index (χ0v) is 23.6. The molecule has 188 valence electrons. The number of hydrogen-bond donors (Lipinski definition) is 0. The maximum Gasteiger partial charge on any atom is 1.00 e. The van der Waals surface area contributed by atoms with E-state index in [2.05, 4.69) is 35.2 Å². The first-order valence-corrected chi connectivity index (χ1v) is 13.0. The Kier molecular flexibility index (Phi) is 8.34. The average molecular weight is 517 g/mol. The molecule has 0 spiro atoms. The van der Waals surface area contributed by atoms with Crippen LogP contribution < -0.4 is 39.4 Å². The molecule has 0 unspecified atom stereocenters. The fourth-order valence-electron chi connectivity index (χ4n) is 5.89. The van der Waals surface area contributed by atoms with E-state index in [9.17, 15) is 9.90 Å². The van der Waals surface area contributed by atoms with Gasteiger partial charge in [-0.15, -0.1) is 0 Å². The molecule has 7 heteroatoms. The summed E-state index contributed by atoms with van der Waals surface area (Å²) in [6, 6.07) is 26.6. The second-order valence-corrected chi connectivity index (χ2v) is 9.75. The Labute approximate surface area is 244 Å². The summed E-state index contributed by atoms with van der Waals surface area (Å²) in [7, 11) is 0. The number of benzene rings is 3. The molecule has 0 bridgehead atoms. The summed E-state index contributed by atoms with van der Waals surface area (Å²) < 4.78 is 12.2. The zero-order valence-electron chi connectivity index (χ0n) is 21.6. The number of nitrogens with zero attached hydrogens (tertiary/aromatic N) is 2. The Hall–Kier alpha value is -2.90. The molecule has 1 fully saturated rings. The molecule has 1 aliphatic heterocycles. The largest absolute Gasteiger partial charge is 1.00 e. The second-order valence-electron chi connectivity index (χ2n) is 9.75. The van der Waals surface area contributed by atoms with Crippen molar-refractivity contribution in [3.8, 4) is 28.3 Å². The summed E-state index contributed by atoms with van der Waals surface area (Å²) in [5.41, 5.74) is 5.25. The summed E-state index contributed by atoms with van der Waals surface area (Å²) in [6.07, 6.45) is 4.98. The van der Waals surface area contributed by atoms with Crippen LogP contribution in [0.25, 0.3) is 22.6 Å². The number of rotatable bonds is 7. The van der Waals surface area contributed by atoms with Crippen molar-refractivity contribution in [3.63, 3.8) is 0 Å². The van der Waals surface area contributed by atoms with Gasteiger partial charge in [0.2, 0.25) is 5.89 Å². The number of aliphatic carboxylic acids is 1. The maximum atomic E-state index is 11.0. The molecule has 4 aromatic rings. The number of carboxylic acids is 1. The molecule has 6 rings (SSSR count). The molecule has 2 heterocycles. The quantitative estimate of drug-likeness (QED) is 0.351. The van der Waals surface area contributed by atoms with E-state index in [1.807, 2.05) is 48.5 Å². The monoisotopic (exact) mass is 516 g/mol. The molecule has 2 aliphatic rings. The van der Waals surface area contributed by atoms with Gasteiger partial charge in [-0.25, -0.2) is 4.98 Å². The first-order valence-electron chi connectivity index (χ1n) is 13.0. The van der Waals surface area contributed by atoms with Crippen LogP contribution in [0.15, 0.2) is 83.3 Å². The van der Waals surface area contributed by atoms with Gasteiger partial charge in [-0.3, -0.25) is 4.90 Å². The Morgan fingerprint density at radius 3 is 2.37 bits per heavy atom. The van der Waals surface area contributed by atoms with Crippen molar-refractivity contribution in [2.24, 2.45) is 0 Å². The van der Waals surface area contributed by atoms with Crippen molar-refractivity contribution >= 4 is 5.97 Å². The Balaban J connectivity index is 0.00000294. The van der Waals surface area contributed by atoms with Crippen LogP contribution in [0.3, 0.4) is 0 Å². The van der Waals surface area contributed by atoms with Crippen LogP contribution in [0.4, 0.5) is 0 Å². The van der Waals surface area contributed by atoms with E-state index in [-0.39, 0.29) is 41.6 Å². The van der Waals surface area contributed by atoms with Crippen LogP contribution in [0.2, 0.25) is 0 Å². The third-order valence-electron chi connectivity index (χ3n) is 7.48. The maximum absolute atomic E-state index is 11.0. The van der Waals surface area contributed by atoms with E-state index in [0.29, 0.717) is 5.75 Å². The molecule has 1 saturated heterocycles. The van der Waals surface area contributed by atoms with Gasteiger partial charge >= 0.3 is 29.6 Å². The van der Waals surface area contributed by atoms with Gasteiger partial charge in [-0.05, 0) is 55.8 Å². The molecule has 0 N–H and O–H groups in total. The first-order chi connectivity index (χ1) is 18.2. The summed E-state index contributed by atoms with van der Waals surface area (Å²) in [5, 5.41) is 11.0. The number of oxazole rings is 1. The van der Waals surface area contributed by atoms with Gasteiger partial charge in [0.1, 0.15) is 18.1 Å². The molecular weight excluding hydrogens is 487 g/mol. The van der Waals surface area contributed by atoms with Gasteiger partial charge < -0.3 is 19.1 Å². The number of carbonyl (C=O) groups is 1. The minimum Gasteiger partial charge on any atom is -0.546 e. The summed E-state index contributed by atoms with van der Waals surface area (Å²) in [6.45, 7) is 0.525. The van der Waals surface area contributed by atoms with Crippen LogP contribution in [0.5, 0.6) is 5.75 Å². The Morgan fingerprint density at radius 1 is 0.921 bits per heavy atom.